The predicted molar refractivity (Wildman–Crippen MR) is 102 cm³/mol. The Balaban J connectivity index is 2.82. The fourth-order valence-corrected chi connectivity index (χ4v) is 2.55. The summed E-state index contributed by atoms with van der Waals surface area (Å²) in [6.07, 6.45) is 3.65. The number of esters is 2. The van der Waals surface area contributed by atoms with Crippen LogP contribution < -0.4 is 0 Å². The summed E-state index contributed by atoms with van der Waals surface area (Å²) in [4.78, 5) is 23.3. The van der Waals surface area contributed by atoms with Crippen LogP contribution in [-0.2, 0) is 14.3 Å². The highest BCUT2D eigenvalue weighted by Gasteiger charge is 2.20. The molecular formula is C20H27N3O4. The lowest BCUT2D eigenvalue weighted by Crippen LogP contribution is -2.16. The van der Waals surface area contributed by atoms with E-state index in [9.17, 15) is 9.59 Å². The monoisotopic (exact) mass is 373 g/mol. The predicted octanol–water partition coefficient (Wildman–Crippen LogP) is 2.98. The molecule has 0 spiro atoms. The van der Waals surface area contributed by atoms with Crippen molar-refractivity contribution in [2.45, 2.75) is 32.1 Å². The van der Waals surface area contributed by atoms with Gasteiger partial charge >= 0.3 is 11.9 Å². The van der Waals surface area contributed by atoms with E-state index < -0.39 is 11.9 Å². The molecule has 0 aliphatic carbocycles. The molecule has 27 heavy (non-hydrogen) atoms. The van der Waals surface area contributed by atoms with Crippen LogP contribution in [0.1, 0.15) is 48.0 Å². The van der Waals surface area contributed by atoms with Gasteiger partial charge in [0.05, 0.1) is 25.3 Å². The average molecular weight is 373 g/mol. The average Bonchev–Trinajstić information content (AvgIpc) is 2.67. The standard InChI is InChI=1S/C20H27N3O4/c1-5-27-20(25)17(13-21)7-6-8-18(14-22-23(2)3)15-9-11-16(12-10-15)19(24)26-4/h9-12,14,17-18H,5-8H2,1-4H3. The van der Waals surface area contributed by atoms with Gasteiger partial charge in [0.25, 0.3) is 0 Å². The van der Waals surface area contributed by atoms with Gasteiger partial charge in [-0.05, 0) is 37.5 Å². The van der Waals surface area contributed by atoms with Crippen molar-refractivity contribution in [3.63, 3.8) is 0 Å². The van der Waals surface area contributed by atoms with Crippen LogP contribution in [0.5, 0.6) is 0 Å². The molecule has 1 rings (SSSR count). The third-order valence-corrected chi connectivity index (χ3v) is 3.97. The van der Waals surface area contributed by atoms with Crippen molar-refractivity contribution in [1.29, 1.82) is 5.26 Å². The molecule has 0 saturated carbocycles. The van der Waals surface area contributed by atoms with E-state index in [1.165, 1.54) is 7.11 Å². The number of methoxy groups -OCH3 is 1. The summed E-state index contributed by atoms with van der Waals surface area (Å²) < 4.78 is 9.64. The first-order chi connectivity index (χ1) is 12.9. The van der Waals surface area contributed by atoms with Gasteiger partial charge < -0.3 is 14.5 Å². The number of hydrazone groups is 1. The van der Waals surface area contributed by atoms with Crippen molar-refractivity contribution in [1.82, 2.24) is 5.01 Å². The first-order valence-corrected chi connectivity index (χ1v) is 8.88. The Labute approximate surface area is 160 Å². The van der Waals surface area contributed by atoms with E-state index in [2.05, 4.69) is 5.10 Å². The molecule has 2 unspecified atom stereocenters. The maximum atomic E-state index is 11.7. The van der Waals surface area contributed by atoms with Crippen molar-refractivity contribution in [2.24, 2.45) is 11.0 Å². The largest absolute Gasteiger partial charge is 0.465 e. The Hall–Kier alpha value is -2.88. The third kappa shape index (κ3) is 7.48. The molecule has 0 bridgehead atoms. The van der Waals surface area contributed by atoms with Crippen LogP contribution in [0.3, 0.4) is 0 Å². The molecule has 1 aromatic carbocycles. The lowest BCUT2D eigenvalue weighted by atomic mass is 9.92. The molecule has 0 radical (unpaired) electrons. The zero-order chi connectivity index (χ0) is 20.2. The second-order valence-electron chi connectivity index (χ2n) is 6.20. The number of carbonyl (C=O) groups is 2. The third-order valence-electron chi connectivity index (χ3n) is 3.97. The summed E-state index contributed by atoms with van der Waals surface area (Å²) in [7, 11) is 5.01. The fourth-order valence-electron chi connectivity index (χ4n) is 2.55. The molecule has 0 heterocycles. The topological polar surface area (TPSA) is 92.0 Å². The smallest absolute Gasteiger partial charge is 0.337 e. The van der Waals surface area contributed by atoms with Crippen molar-refractivity contribution < 1.29 is 19.1 Å². The van der Waals surface area contributed by atoms with E-state index >= 15 is 0 Å². The molecular weight excluding hydrogens is 346 g/mol. The number of nitriles is 1. The quantitative estimate of drug-likeness (QED) is 0.356. The molecule has 0 aliphatic rings. The minimum Gasteiger partial charge on any atom is -0.465 e. The van der Waals surface area contributed by atoms with Gasteiger partial charge in [-0.1, -0.05) is 18.6 Å². The summed E-state index contributed by atoms with van der Waals surface area (Å²) >= 11 is 0. The van der Waals surface area contributed by atoms with Gasteiger partial charge in [-0.25, -0.2) is 4.79 Å². The first kappa shape index (κ1) is 22.2. The fraction of sp³-hybridized carbons (Fsp3) is 0.500. The number of hydrogen-bond acceptors (Lipinski definition) is 7. The molecule has 0 aliphatic heterocycles. The van der Waals surface area contributed by atoms with Crippen molar-refractivity contribution in [3.05, 3.63) is 35.4 Å². The molecule has 0 fully saturated rings. The molecule has 0 amide bonds. The highest BCUT2D eigenvalue weighted by atomic mass is 16.5. The first-order valence-electron chi connectivity index (χ1n) is 8.88. The van der Waals surface area contributed by atoms with E-state index in [-0.39, 0.29) is 18.5 Å². The van der Waals surface area contributed by atoms with Gasteiger partial charge in [-0.3, -0.25) is 4.79 Å². The van der Waals surface area contributed by atoms with E-state index in [0.29, 0.717) is 24.8 Å². The lowest BCUT2D eigenvalue weighted by Gasteiger charge is -2.15. The van der Waals surface area contributed by atoms with Crippen LogP contribution in [0.4, 0.5) is 0 Å². The zero-order valence-corrected chi connectivity index (χ0v) is 16.3. The van der Waals surface area contributed by atoms with Crippen molar-refractivity contribution in [2.75, 3.05) is 27.8 Å². The minimum atomic E-state index is -0.752. The lowest BCUT2D eigenvalue weighted by molar-refractivity contribution is -0.146. The number of carbonyl (C=O) groups excluding carboxylic acids is 2. The van der Waals surface area contributed by atoms with Gasteiger partial charge in [-0.2, -0.15) is 10.4 Å². The van der Waals surface area contributed by atoms with E-state index in [0.717, 1.165) is 5.56 Å². The van der Waals surface area contributed by atoms with Crippen molar-refractivity contribution >= 4 is 18.2 Å². The molecule has 7 nitrogen and oxygen atoms in total. The molecule has 1 aromatic rings. The number of rotatable bonds is 10. The van der Waals surface area contributed by atoms with Crippen LogP contribution in [0.25, 0.3) is 0 Å². The number of nitrogens with zero attached hydrogens (tertiary/aromatic N) is 3. The molecule has 2 atom stereocenters. The Morgan fingerprint density at radius 1 is 1.26 bits per heavy atom. The van der Waals surface area contributed by atoms with Gasteiger partial charge in [0.1, 0.15) is 5.92 Å². The Bertz CT molecular complexity index is 677. The van der Waals surface area contributed by atoms with E-state index in [4.69, 9.17) is 14.7 Å². The van der Waals surface area contributed by atoms with Gasteiger partial charge in [0.2, 0.25) is 0 Å². The SMILES string of the molecule is CCOC(=O)C(C#N)CCCC(C=NN(C)C)c1ccc(C(=O)OC)cc1. The second kappa shape index (κ2) is 11.7. The normalized spacial score (nSPS) is 12.9. The summed E-state index contributed by atoms with van der Waals surface area (Å²) in [6, 6.07) is 9.18. The number of hydrogen-bond donors (Lipinski definition) is 0. The van der Waals surface area contributed by atoms with Gasteiger partial charge in [0.15, 0.2) is 0 Å². The van der Waals surface area contributed by atoms with Gasteiger partial charge in [-0.15, -0.1) is 0 Å². The molecule has 0 N–H and O–H groups in total. The summed E-state index contributed by atoms with van der Waals surface area (Å²) in [5.74, 6) is -1.61. The van der Waals surface area contributed by atoms with Gasteiger partial charge in [0, 0.05) is 26.2 Å². The zero-order valence-electron chi connectivity index (χ0n) is 16.3. The number of benzene rings is 1. The summed E-state index contributed by atoms with van der Waals surface area (Å²) in [5.41, 5.74) is 1.48. The summed E-state index contributed by atoms with van der Waals surface area (Å²) in [6.45, 7) is 1.99. The van der Waals surface area contributed by atoms with E-state index in [1.807, 2.05) is 38.5 Å². The molecule has 146 valence electrons. The summed E-state index contributed by atoms with van der Waals surface area (Å²) in [5, 5.41) is 15.2. The second-order valence-corrected chi connectivity index (χ2v) is 6.20. The van der Waals surface area contributed by atoms with Crippen LogP contribution in [0.2, 0.25) is 0 Å². The van der Waals surface area contributed by atoms with Crippen molar-refractivity contribution in [3.8, 4) is 6.07 Å². The highest BCUT2D eigenvalue weighted by Crippen LogP contribution is 2.23. The van der Waals surface area contributed by atoms with Crippen LogP contribution >= 0.6 is 0 Å². The Morgan fingerprint density at radius 3 is 2.44 bits per heavy atom. The van der Waals surface area contributed by atoms with E-state index in [1.54, 1.807) is 24.1 Å². The minimum absolute atomic E-state index is 0.000588. The Morgan fingerprint density at radius 2 is 1.93 bits per heavy atom. The Kier molecular flexibility index (Phi) is 9.59. The highest BCUT2D eigenvalue weighted by molar-refractivity contribution is 5.89. The maximum absolute atomic E-state index is 11.7. The van der Waals surface area contributed by atoms with Crippen LogP contribution in [0, 0.1) is 17.2 Å². The number of ether oxygens (including phenoxy) is 2. The molecule has 0 aromatic heterocycles. The molecule has 0 saturated heterocycles. The van der Waals surface area contributed by atoms with Crippen LogP contribution in [-0.4, -0.2) is 51.0 Å². The molecule has 7 heteroatoms. The maximum Gasteiger partial charge on any atom is 0.337 e. The van der Waals surface area contributed by atoms with Crippen LogP contribution in [0.15, 0.2) is 29.4 Å².